The van der Waals surface area contributed by atoms with Crippen molar-refractivity contribution >= 4 is 5.97 Å². The van der Waals surface area contributed by atoms with Gasteiger partial charge in [0.05, 0.1) is 19.8 Å². The first-order chi connectivity index (χ1) is 8.73. The molecule has 0 spiro atoms. The van der Waals surface area contributed by atoms with Crippen LogP contribution < -0.4 is 4.74 Å². The predicted octanol–water partition coefficient (Wildman–Crippen LogP) is 2.83. The first kappa shape index (κ1) is 15.1. The van der Waals surface area contributed by atoms with E-state index in [1.165, 1.54) is 0 Å². The first-order valence-corrected chi connectivity index (χ1v) is 4.74. The number of carbonyl (C=O) groups excluding carboxylic acids is 1. The molecule has 0 aliphatic heterocycles. The molecule has 0 unspecified atom stereocenters. The van der Waals surface area contributed by atoms with Gasteiger partial charge >= 0.3 is 12.1 Å². The Morgan fingerprint density at radius 3 is 2.26 bits per heavy atom. The van der Waals surface area contributed by atoms with E-state index >= 15 is 0 Å². The largest absolute Gasteiger partial charge is 0.495 e. The van der Waals surface area contributed by atoms with Crippen molar-refractivity contribution in [2.45, 2.75) is 12.6 Å². The van der Waals surface area contributed by atoms with Crippen LogP contribution in [0.3, 0.4) is 0 Å². The van der Waals surface area contributed by atoms with Crippen molar-refractivity contribution in [2.75, 3.05) is 14.2 Å². The third-order valence-electron chi connectivity index (χ3n) is 2.16. The van der Waals surface area contributed by atoms with Gasteiger partial charge in [0.25, 0.3) is 6.43 Å². The third kappa shape index (κ3) is 2.91. The van der Waals surface area contributed by atoms with Crippen LogP contribution in [0.4, 0.5) is 22.0 Å². The molecule has 0 radical (unpaired) electrons. The van der Waals surface area contributed by atoms with E-state index in [4.69, 9.17) is 0 Å². The van der Waals surface area contributed by atoms with Crippen LogP contribution in [0.1, 0.15) is 28.0 Å². The van der Waals surface area contributed by atoms with E-state index in [0.717, 1.165) is 14.2 Å². The van der Waals surface area contributed by atoms with Crippen LogP contribution in [0.25, 0.3) is 0 Å². The van der Waals surface area contributed by atoms with Gasteiger partial charge in [0.1, 0.15) is 11.3 Å². The molecule has 9 heteroatoms. The Bertz CT molecular complexity index is 487. The van der Waals surface area contributed by atoms with Crippen LogP contribution in [0.2, 0.25) is 0 Å². The van der Waals surface area contributed by atoms with Crippen LogP contribution in [-0.4, -0.2) is 25.2 Å². The van der Waals surface area contributed by atoms with Crippen molar-refractivity contribution in [3.63, 3.8) is 0 Å². The highest BCUT2D eigenvalue weighted by atomic mass is 19.4. The molecular weight excluding hydrogens is 277 g/mol. The lowest BCUT2D eigenvalue weighted by molar-refractivity contribution is -0.141. The van der Waals surface area contributed by atoms with Crippen LogP contribution in [-0.2, 0) is 10.9 Å². The Morgan fingerprint density at radius 1 is 1.32 bits per heavy atom. The Labute approximate surface area is 104 Å². The van der Waals surface area contributed by atoms with Gasteiger partial charge in [-0.25, -0.2) is 13.6 Å². The Hall–Kier alpha value is -1.93. The molecule has 0 aliphatic rings. The fourth-order valence-corrected chi connectivity index (χ4v) is 1.39. The lowest BCUT2D eigenvalue weighted by atomic mass is 10.1. The average Bonchev–Trinajstić information content (AvgIpc) is 2.34. The second-order valence-electron chi connectivity index (χ2n) is 3.26. The molecule has 0 aliphatic carbocycles. The van der Waals surface area contributed by atoms with Crippen LogP contribution >= 0.6 is 0 Å². The summed E-state index contributed by atoms with van der Waals surface area (Å²) >= 11 is 0. The molecule has 0 saturated heterocycles. The highest BCUT2D eigenvalue weighted by Gasteiger charge is 2.41. The van der Waals surface area contributed by atoms with E-state index in [1.54, 1.807) is 0 Å². The molecule has 1 aromatic rings. The quantitative estimate of drug-likeness (QED) is 0.633. The second kappa shape index (κ2) is 5.37. The fraction of sp³-hybridized carbons (Fsp3) is 0.400. The van der Waals surface area contributed by atoms with Gasteiger partial charge in [0.15, 0.2) is 5.69 Å². The van der Waals surface area contributed by atoms with Gasteiger partial charge in [0, 0.05) is 6.20 Å². The second-order valence-corrected chi connectivity index (χ2v) is 3.26. The predicted molar refractivity (Wildman–Crippen MR) is 52.1 cm³/mol. The summed E-state index contributed by atoms with van der Waals surface area (Å²) in [6.45, 7) is 0. The molecular formula is C10H8F5NO3. The summed E-state index contributed by atoms with van der Waals surface area (Å²) in [4.78, 5) is 14.2. The van der Waals surface area contributed by atoms with Crippen LogP contribution in [0, 0.1) is 0 Å². The molecule has 4 nitrogen and oxygen atoms in total. The number of halogens is 5. The number of pyridine rings is 1. The minimum Gasteiger partial charge on any atom is -0.495 e. The molecule has 0 fully saturated rings. The standard InChI is InChI=1S/C10H8F5NO3/c1-18-6-4(8(11)12)3-16-7(10(13,14)15)5(6)9(17)19-2/h3,8H,1-2H3. The maximum Gasteiger partial charge on any atom is 0.434 e. The summed E-state index contributed by atoms with van der Waals surface area (Å²) in [6, 6.07) is 0. The van der Waals surface area contributed by atoms with E-state index in [2.05, 4.69) is 14.5 Å². The van der Waals surface area contributed by atoms with Gasteiger partial charge in [-0.2, -0.15) is 13.2 Å². The van der Waals surface area contributed by atoms with E-state index < -0.39 is 41.1 Å². The van der Waals surface area contributed by atoms with Crippen LogP contribution in [0.15, 0.2) is 6.20 Å². The molecule has 106 valence electrons. The van der Waals surface area contributed by atoms with Gasteiger partial charge in [0.2, 0.25) is 0 Å². The molecule has 0 aromatic carbocycles. The van der Waals surface area contributed by atoms with E-state index in [-0.39, 0.29) is 0 Å². The van der Waals surface area contributed by atoms with Crippen molar-refractivity contribution in [3.8, 4) is 5.75 Å². The number of rotatable bonds is 3. The molecule has 0 saturated carbocycles. The molecule has 0 atom stereocenters. The fourth-order valence-electron chi connectivity index (χ4n) is 1.39. The van der Waals surface area contributed by atoms with Crippen molar-refractivity contribution in [1.29, 1.82) is 0 Å². The molecule has 1 rings (SSSR count). The molecule has 0 N–H and O–H groups in total. The topological polar surface area (TPSA) is 48.4 Å². The number of carbonyl (C=O) groups is 1. The maximum absolute atomic E-state index is 12.7. The van der Waals surface area contributed by atoms with Crippen molar-refractivity contribution < 1.29 is 36.2 Å². The van der Waals surface area contributed by atoms with Crippen molar-refractivity contribution in [1.82, 2.24) is 4.98 Å². The van der Waals surface area contributed by atoms with Gasteiger partial charge in [-0.1, -0.05) is 0 Å². The molecule has 0 bridgehead atoms. The minimum absolute atomic E-state index is 0.318. The average molecular weight is 285 g/mol. The van der Waals surface area contributed by atoms with Gasteiger partial charge in [-0.05, 0) is 0 Å². The lowest BCUT2D eigenvalue weighted by Crippen LogP contribution is -2.19. The van der Waals surface area contributed by atoms with Gasteiger partial charge < -0.3 is 9.47 Å². The monoisotopic (exact) mass is 285 g/mol. The number of nitrogens with zero attached hydrogens (tertiary/aromatic N) is 1. The highest BCUT2D eigenvalue weighted by Crippen LogP contribution is 2.39. The third-order valence-corrected chi connectivity index (χ3v) is 2.16. The molecule has 19 heavy (non-hydrogen) atoms. The summed E-state index contributed by atoms with van der Waals surface area (Å²) in [5.74, 6) is -2.36. The van der Waals surface area contributed by atoms with E-state index in [9.17, 15) is 26.7 Å². The zero-order valence-electron chi connectivity index (χ0n) is 9.72. The Balaban J connectivity index is 3.65. The summed E-state index contributed by atoms with van der Waals surface area (Å²) in [7, 11) is 1.69. The zero-order chi connectivity index (χ0) is 14.8. The zero-order valence-corrected chi connectivity index (χ0v) is 9.72. The van der Waals surface area contributed by atoms with Crippen molar-refractivity contribution in [2.24, 2.45) is 0 Å². The molecule has 1 heterocycles. The SMILES string of the molecule is COC(=O)c1c(C(F)(F)F)ncc(C(F)F)c1OC. The first-order valence-electron chi connectivity index (χ1n) is 4.74. The summed E-state index contributed by atoms with van der Waals surface area (Å²) in [5.41, 5.74) is -3.73. The maximum atomic E-state index is 12.7. The van der Waals surface area contributed by atoms with E-state index in [1.807, 2.05) is 0 Å². The summed E-state index contributed by atoms with van der Waals surface area (Å²) < 4.78 is 71.9. The normalized spacial score (nSPS) is 11.6. The van der Waals surface area contributed by atoms with Gasteiger partial charge in [-0.15, -0.1) is 0 Å². The molecule has 1 aromatic heterocycles. The van der Waals surface area contributed by atoms with Crippen LogP contribution in [0.5, 0.6) is 5.75 Å². The number of alkyl halides is 5. The Kier molecular flexibility index (Phi) is 4.28. The van der Waals surface area contributed by atoms with Crippen molar-refractivity contribution in [3.05, 3.63) is 23.0 Å². The number of aromatic nitrogens is 1. The number of hydrogen-bond acceptors (Lipinski definition) is 4. The smallest absolute Gasteiger partial charge is 0.434 e. The minimum atomic E-state index is -5.00. The molecule has 0 amide bonds. The summed E-state index contributed by atoms with van der Waals surface area (Å²) in [6.07, 6.45) is -7.83. The number of ether oxygens (including phenoxy) is 2. The highest BCUT2D eigenvalue weighted by molar-refractivity contribution is 5.94. The number of esters is 1. The lowest BCUT2D eigenvalue weighted by Gasteiger charge is -2.16. The number of hydrogen-bond donors (Lipinski definition) is 0. The van der Waals surface area contributed by atoms with E-state index in [0.29, 0.717) is 6.20 Å². The number of methoxy groups -OCH3 is 2. The Morgan fingerprint density at radius 2 is 1.89 bits per heavy atom. The summed E-state index contributed by atoms with van der Waals surface area (Å²) in [5, 5.41) is 0. The van der Waals surface area contributed by atoms with Gasteiger partial charge in [-0.3, -0.25) is 4.98 Å².